The summed E-state index contributed by atoms with van der Waals surface area (Å²) in [6, 6.07) is 15.6. The Balaban J connectivity index is 1.50. The van der Waals surface area contributed by atoms with Gasteiger partial charge in [0.05, 0.1) is 6.61 Å². The molecule has 0 saturated carbocycles. The number of anilines is 2. The number of carboxylic acid groups (broad SMARTS) is 2. The summed E-state index contributed by atoms with van der Waals surface area (Å²) in [7, 11) is 0. The van der Waals surface area contributed by atoms with Gasteiger partial charge in [-0.05, 0) is 73.4 Å². The zero-order chi connectivity index (χ0) is 32.3. The highest BCUT2D eigenvalue weighted by atomic mass is 16.5. The standard InChI is InChI=1S/C35H42N4O6/c1-3-5-6-7-8-9-10-11-20-45-28-15-13-27(14-16-28)38-19-18-26-21-25(12-17-30(26)38)22-31-34(42)39(24-32(40)41)33(37(31)4-2)29(23-36)35(43)44/h12-17,21-22H,3-11,18-20,24H2,1-2H3,(H,40,41)(H,43,44)/b31-22-,33-29-. The van der Waals surface area contributed by atoms with Gasteiger partial charge in [0.15, 0.2) is 5.57 Å². The van der Waals surface area contributed by atoms with Gasteiger partial charge < -0.3 is 24.4 Å². The summed E-state index contributed by atoms with van der Waals surface area (Å²) in [6.45, 7) is 4.85. The van der Waals surface area contributed by atoms with Crippen LogP contribution in [0.4, 0.5) is 11.4 Å². The average Bonchev–Trinajstić information content (AvgIpc) is 3.55. The molecule has 0 unspecified atom stereocenters. The maximum atomic E-state index is 13.3. The topological polar surface area (TPSA) is 138 Å². The van der Waals surface area contributed by atoms with Crippen molar-refractivity contribution in [2.24, 2.45) is 0 Å². The number of aliphatic carboxylic acids is 2. The minimum absolute atomic E-state index is 0.111. The van der Waals surface area contributed by atoms with E-state index in [0.717, 1.165) is 53.2 Å². The molecule has 3 aromatic rings. The van der Waals surface area contributed by atoms with Crippen LogP contribution in [0.3, 0.4) is 0 Å². The highest BCUT2D eigenvalue weighted by Gasteiger charge is 2.22. The van der Waals surface area contributed by atoms with Crippen molar-refractivity contribution in [3.8, 4) is 11.8 Å². The molecule has 1 aliphatic heterocycles. The van der Waals surface area contributed by atoms with E-state index in [2.05, 4.69) is 24.0 Å². The van der Waals surface area contributed by atoms with E-state index >= 15 is 0 Å². The normalized spacial score (nSPS) is 13.4. The molecule has 1 aromatic heterocycles. The Hall–Kier alpha value is -4.78. The first kappa shape index (κ1) is 33.1. The Morgan fingerprint density at radius 2 is 1.64 bits per heavy atom. The first-order valence-electron chi connectivity index (χ1n) is 15.8. The van der Waals surface area contributed by atoms with Crippen LogP contribution in [0.2, 0.25) is 0 Å². The van der Waals surface area contributed by atoms with Crippen molar-refractivity contribution < 1.29 is 24.5 Å². The molecule has 2 heterocycles. The maximum Gasteiger partial charge on any atom is 0.350 e. The molecule has 1 aliphatic rings. The molecule has 2 aromatic carbocycles. The number of aromatic nitrogens is 2. The smallest absolute Gasteiger partial charge is 0.350 e. The second-order valence-electron chi connectivity index (χ2n) is 11.3. The van der Waals surface area contributed by atoms with E-state index in [9.17, 15) is 29.9 Å². The number of benzene rings is 2. The molecule has 0 fully saturated rings. The monoisotopic (exact) mass is 614 g/mol. The van der Waals surface area contributed by atoms with Crippen LogP contribution in [0, 0.1) is 11.3 Å². The Kier molecular flexibility index (Phi) is 11.6. The average molecular weight is 615 g/mol. The van der Waals surface area contributed by atoms with Gasteiger partial charge in [0.1, 0.15) is 29.2 Å². The van der Waals surface area contributed by atoms with Crippen molar-refractivity contribution >= 4 is 35.0 Å². The predicted molar refractivity (Wildman–Crippen MR) is 173 cm³/mol. The van der Waals surface area contributed by atoms with Crippen molar-refractivity contribution in [3.05, 3.63) is 74.8 Å². The molecule has 0 aliphatic carbocycles. The molecular formula is C35H42N4O6. The second kappa shape index (κ2) is 15.8. The molecule has 0 bridgehead atoms. The van der Waals surface area contributed by atoms with Crippen molar-refractivity contribution in [3.63, 3.8) is 0 Å². The summed E-state index contributed by atoms with van der Waals surface area (Å²) < 4.78 is 8.19. The zero-order valence-corrected chi connectivity index (χ0v) is 26.1. The van der Waals surface area contributed by atoms with E-state index in [1.807, 2.05) is 30.3 Å². The quantitative estimate of drug-likeness (QED) is 0.224. The fourth-order valence-corrected chi connectivity index (χ4v) is 5.90. The third-order valence-electron chi connectivity index (χ3n) is 8.14. The molecule has 10 nitrogen and oxygen atoms in total. The van der Waals surface area contributed by atoms with Crippen LogP contribution >= 0.6 is 0 Å². The Bertz CT molecular complexity index is 1730. The number of ether oxygens (including phenoxy) is 1. The number of unbranched alkanes of at least 4 members (excludes halogenated alkanes) is 7. The van der Waals surface area contributed by atoms with Gasteiger partial charge in [0.2, 0.25) is 0 Å². The maximum absolute atomic E-state index is 13.3. The number of hydrogen-bond donors (Lipinski definition) is 2. The van der Waals surface area contributed by atoms with Gasteiger partial charge in [-0.25, -0.2) is 4.79 Å². The third-order valence-corrected chi connectivity index (χ3v) is 8.14. The van der Waals surface area contributed by atoms with Crippen molar-refractivity contribution in [2.75, 3.05) is 18.1 Å². The lowest BCUT2D eigenvalue weighted by molar-refractivity contribution is -0.138. The van der Waals surface area contributed by atoms with Gasteiger partial charge >= 0.3 is 11.9 Å². The van der Waals surface area contributed by atoms with Crippen LogP contribution in [0.25, 0.3) is 11.6 Å². The number of carboxylic acids is 2. The van der Waals surface area contributed by atoms with Crippen LogP contribution in [0.15, 0.2) is 47.3 Å². The van der Waals surface area contributed by atoms with E-state index in [-0.39, 0.29) is 17.4 Å². The van der Waals surface area contributed by atoms with Crippen molar-refractivity contribution in [1.29, 1.82) is 5.26 Å². The number of rotatable bonds is 16. The first-order valence-corrected chi connectivity index (χ1v) is 15.8. The van der Waals surface area contributed by atoms with Crippen molar-refractivity contribution in [2.45, 2.75) is 84.7 Å². The lowest BCUT2D eigenvalue weighted by Gasteiger charge is -2.20. The fraction of sp³-hybridized carbons (Fsp3) is 0.429. The van der Waals surface area contributed by atoms with E-state index in [0.29, 0.717) is 5.56 Å². The van der Waals surface area contributed by atoms with Gasteiger partial charge in [0, 0.05) is 24.5 Å². The molecule has 0 radical (unpaired) electrons. The molecule has 0 spiro atoms. The molecule has 0 amide bonds. The molecule has 0 saturated heterocycles. The number of imidazole rings is 1. The largest absolute Gasteiger partial charge is 0.494 e. The number of carbonyl (C=O) groups is 2. The summed E-state index contributed by atoms with van der Waals surface area (Å²) >= 11 is 0. The van der Waals surface area contributed by atoms with E-state index < -0.39 is 29.6 Å². The Labute approximate surface area is 263 Å². The molecule has 10 heteroatoms. The lowest BCUT2D eigenvalue weighted by atomic mass is 10.1. The molecular weight excluding hydrogens is 572 g/mol. The number of nitrogens with zero attached hydrogens (tertiary/aromatic N) is 4. The molecule has 0 atom stereocenters. The van der Waals surface area contributed by atoms with Crippen molar-refractivity contribution in [1.82, 2.24) is 9.13 Å². The highest BCUT2D eigenvalue weighted by molar-refractivity contribution is 6.13. The van der Waals surface area contributed by atoms with E-state index in [1.165, 1.54) is 49.5 Å². The molecule has 2 N–H and O–H groups in total. The second-order valence-corrected chi connectivity index (χ2v) is 11.3. The number of fused-ring (bicyclic) bond motifs is 1. The minimum atomic E-state index is -1.53. The van der Waals surface area contributed by atoms with E-state index in [4.69, 9.17) is 4.74 Å². The fourth-order valence-electron chi connectivity index (χ4n) is 5.90. The zero-order valence-electron chi connectivity index (χ0n) is 26.1. The molecule has 238 valence electrons. The van der Waals surface area contributed by atoms with E-state index in [1.54, 1.807) is 19.1 Å². The summed E-state index contributed by atoms with van der Waals surface area (Å²) in [5.41, 5.74) is 2.32. The molecule has 45 heavy (non-hydrogen) atoms. The summed E-state index contributed by atoms with van der Waals surface area (Å²) in [5, 5.41) is 28.5. The van der Waals surface area contributed by atoms with Crippen LogP contribution in [0.1, 0.15) is 76.3 Å². The third kappa shape index (κ3) is 8.04. The Morgan fingerprint density at radius 3 is 2.27 bits per heavy atom. The highest BCUT2D eigenvalue weighted by Crippen LogP contribution is 2.35. The molecule has 4 rings (SSSR count). The van der Waals surface area contributed by atoms with Gasteiger partial charge in [-0.2, -0.15) is 5.26 Å². The SMILES string of the molecule is CCCCCCCCCCOc1ccc(N2CCc3cc(/C=c4/c(=O)n(CC(=O)O)/c(=C(/C#N)C(=O)O)n4CC)ccc32)cc1. The Morgan fingerprint density at radius 1 is 0.956 bits per heavy atom. The number of nitriles is 1. The van der Waals surface area contributed by atoms with Gasteiger partial charge in [-0.15, -0.1) is 0 Å². The van der Waals surface area contributed by atoms with Crippen LogP contribution in [-0.2, 0) is 29.1 Å². The first-order chi connectivity index (χ1) is 21.8. The minimum Gasteiger partial charge on any atom is -0.494 e. The predicted octanol–water partition coefficient (Wildman–Crippen LogP) is 4.56. The van der Waals surface area contributed by atoms with Gasteiger partial charge in [-0.3, -0.25) is 14.2 Å². The summed E-state index contributed by atoms with van der Waals surface area (Å²) in [4.78, 5) is 38.8. The summed E-state index contributed by atoms with van der Waals surface area (Å²) in [6.07, 6.45) is 12.5. The van der Waals surface area contributed by atoms with Crippen LogP contribution in [-0.4, -0.2) is 44.4 Å². The van der Waals surface area contributed by atoms with Crippen LogP contribution in [0.5, 0.6) is 5.75 Å². The van der Waals surface area contributed by atoms with Gasteiger partial charge in [-0.1, -0.05) is 57.9 Å². The lowest BCUT2D eigenvalue weighted by Crippen LogP contribution is -2.35. The summed E-state index contributed by atoms with van der Waals surface area (Å²) in [5.74, 6) is -1.99. The number of hydrogen-bond acceptors (Lipinski definition) is 6. The van der Waals surface area contributed by atoms with Gasteiger partial charge in [0.25, 0.3) is 5.56 Å². The van der Waals surface area contributed by atoms with Crippen LogP contribution < -0.4 is 26.0 Å².